The highest BCUT2D eigenvalue weighted by Gasteiger charge is 2.18. The van der Waals surface area contributed by atoms with Gasteiger partial charge in [-0.25, -0.2) is 4.98 Å². The normalized spacial score (nSPS) is 15.5. The first kappa shape index (κ1) is 25.1. The highest BCUT2D eigenvalue weighted by atomic mass is 35.5. The fourth-order valence-electron chi connectivity index (χ4n) is 2.54. The van der Waals surface area contributed by atoms with Crippen molar-refractivity contribution < 1.29 is 9.59 Å². The number of hydrogen-bond acceptors (Lipinski definition) is 6. The topological polar surface area (TPSA) is 100 Å². The van der Waals surface area contributed by atoms with Crippen molar-refractivity contribution in [2.45, 2.75) is 45.7 Å². The molecule has 2 amide bonds. The lowest BCUT2D eigenvalue weighted by Gasteiger charge is -2.25. The zero-order chi connectivity index (χ0) is 17.5. The van der Waals surface area contributed by atoms with Crippen molar-refractivity contribution in [3.63, 3.8) is 0 Å². The summed E-state index contributed by atoms with van der Waals surface area (Å²) in [6.07, 6.45) is 3.79. The van der Waals surface area contributed by atoms with Gasteiger partial charge in [-0.2, -0.15) is 0 Å². The molecule has 1 aromatic heterocycles. The summed E-state index contributed by atoms with van der Waals surface area (Å²) in [5, 5.41) is 7.80. The molecule has 1 fully saturated rings. The Bertz CT molecular complexity index is 565. The number of likely N-dealkylation sites (tertiary alicyclic amines) is 1. The predicted octanol–water partition coefficient (Wildman–Crippen LogP) is 2.01. The molecule has 2 rings (SSSR count). The van der Waals surface area contributed by atoms with E-state index in [-0.39, 0.29) is 49.1 Å². The first-order chi connectivity index (χ1) is 11.5. The van der Waals surface area contributed by atoms with Gasteiger partial charge < -0.3 is 16.4 Å². The van der Waals surface area contributed by atoms with Crippen LogP contribution >= 0.6 is 36.2 Å². The highest BCUT2D eigenvalue weighted by Crippen LogP contribution is 2.18. The Labute approximate surface area is 171 Å². The molecule has 0 aromatic carbocycles. The van der Waals surface area contributed by atoms with Crippen molar-refractivity contribution in [1.82, 2.24) is 15.2 Å². The van der Waals surface area contributed by atoms with E-state index < -0.39 is 6.04 Å². The van der Waals surface area contributed by atoms with Crippen LogP contribution in [0.4, 0.5) is 5.13 Å². The van der Waals surface area contributed by atoms with Gasteiger partial charge >= 0.3 is 0 Å². The molecule has 4 N–H and O–H groups in total. The summed E-state index contributed by atoms with van der Waals surface area (Å²) >= 11 is 1.40. The number of piperidine rings is 1. The second-order valence-electron chi connectivity index (χ2n) is 6.52. The third-order valence-electron chi connectivity index (χ3n) is 4.08. The average molecular weight is 426 g/mol. The number of anilines is 1. The van der Waals surface area contributed by atoms with E-state index in [0.717, 1.165) is 25.3 Å². The van der Waals surface area contributed by atoms with Crippen LogP contribution in [-0.2, 0) is 16.1 Å². The SMILES string of the molecule is CC(C)[C@H](N)C(=O)NCC(=O)Nc1nc(CN2CCCCC2)cs1.Cl.Cl. The third kappa shape index (κ3) is 8.18. The van der Waals surface area contributed by atoms with Gasteiger partial charge in [0, 0.05) is 11.9 Å². The molecule has 1 atom stereocenters. The molecule has 0 unspecified atom stereocenters. The smallest absolute Gasteiger partial charge is 0.245 e. The Hall–Kier alpha value is -0.930. The van der Waals surface area contributed by atoms with Crippen LogP contribution in [0.2, 0.25) is 0 Å². The standard InChI is InChI=1S/C16H27N5O2S.2ClH/c1-11(2)14(17)15(23)18-8-13(22)20-16-19-12(10-24-16)9-21-6-4-3-5-7-21;;/h10-11,14H,3-9,17H2,1-2H3,(H,18,23)(H,19,20,22);2*1H/t14-;;/m0../s1. The molecule has 1 saturated heterocycles. The summed E-state index contributed by atoms with van der Waals surface area (Å²) in [5.41, 5.74) is 6.71. The minimum Gasteiger partial charge on any atom is -0.346 e. The molecule has 0 bridgehead atoms. The molecule has 1 aliphatic rings. The van der Waals surface area contributed by atoms with Crippen LogP contribution in [-0.4, -0.2) is 47.4 Å². The zero-order valence-corrected chi connectivity index (χ0v) is 17.6. The van der Waals surface area contributed by atoms with E-state index in [0.29, 0.717) is 5.13 Å². The summed E-state index contributed by atoms with van der Waals surface area (Å²) in [4.78, 5) is 30.5. The largest absolute Gasteiger partial charge is 0.346 e. The number of nitrogens with two attached hydrogens (primary N) is 1. The minimum absolute atomic E-state index is 0. The number of halogens is 2. The van der Waals surface area contributed by atoms with E-state index in [1.807, 2.05) is 19.2 Å². The molecule has 0 aliphatic carbocycles. The maximum absolute atomic E-state index is 11.9. The quantitative estimate of drug-likeness (QED) is 0.619. The maximum Gasteiger partial charge on any atom is 0.245 e. The molecule has 1 aliphatic heterocycles. The monoisotopic (exact) mass is 425 g/mol. The zero-order valence-electron chi connectivity index (χ0n) is 15.2. The first-order valence-electron chi connectivity index (χ1n) is 8.45. The van der Waals surface area contributed by atoms with Crippen LogP contribution in [0.25, 0.3) is 0 Å². The number of carbonyl (C=O) groups excluding carboxylic acids is 2. The van der Waals surface area contributed by atoms with Crippen LogP contribution in [0.15, 0.2) is 5.38 Å². The molecule has 150 valence electrons. The number of rotatable bonds is 7. The second-order valence-corrected chi connectivity index (χ2v) is 7.37. The Kier molecular flexibility index (Phi) is 12.0. The Morgan fingerprint density at radius 3 is 2.54 bits per heavy atom. The molecule has 26 heavy (non-hydrogen) atoms. The van der Waals surface area contributed by atoms with E-state index >= 15 is 0 Å². The van der Waals surface area contributed by atoms with E-state index in [1.165, 1.54) is 30.6 Å². The average Bonchev–Trinajstić information content (AvgIpc) is 2.99. The Morgan fingerprint density at radius 2 is 1.92 bits per heavy atom. The van der Waals surface area contributed by atoms with Gasteiger partial charge in [0.15, 0.2) is 5.13 Å². The fraction of sp³-hybridized carbons (Fsp3) is 0.688. The van der Waals surface area contributed by atoms with Gasteiger partial charge in [0.05, 0.1) is 18.3 Å². The van der Waals surface area contributed by atoms with Gasteiger partial charge in [-0.05, 0) is 31.8 Å². The first-order valence-corrected chi connectivity index (χ1v) is 9.33. The van der Waals surface area contributed by atoms with E-state index in [1.54, 1.807) is 0 Å². The minimum atomic E-state index is -0.603. The Balaban J connectivity index is 0.00000312. The lowest BCUT2D eigenvalue weighted by molar-refractivity contribution is -0.125. The van der Waals surface area contributed by atoms with Gasteiger partial charge in [0.1, 0.15) is 0 Å². The summed E-state index contributed by atoms with van der Waals surface area (Å²) < 4.78 is 0. The summed E-state index contributed by atoms with van der Waals surface area (Å²) in [6.45, 7) is 6.68. The Morgan fingerprint density at radius 1 is 1.27 bits per heavy atom. The van der Waals surface area contributed by atoms with Gasteiger partial charge in [0.2, 0.25) is 11.8 Å². The van der Waals surface area contributed by atoms with Crippen molar-refractivity contribution in [2.24, 2.45) is 11.7 Å². The summed E-state index contributed by atoms with van der Waals surface area (Å²) in [5.74, 6) is -0.576. The van der Waals surface area contributed by atoms with E-state index in [2.05, 4.69) is 20.5 Å². The lowest BCUT2D eigenvalue weighted by atomic mass is 10.1. The van der Waals surface area contributed by atoms with Crippen molar-refractivity contribution in [1.29, 1.82) is 0 Å². The number of amides is 2. The van der Waals surface area contributed by atoms with Crippen LogP contribution < -0.4 is 16.4 Å². The predicted molar refractivity (Wildman–Crippen MR) is 110 cm³/mol. The molecule has 0 saturated carbocycles. The third-order valence-corrected chi connectivity index (χ3v) is 4.88. The van der Waals surface area contributed by atoms with Gasteiger partial charge in [-0.1, -0.05) is 20.3 Å². The molecule has 7 nitrogen and oxygen atoms in total. The second kappa shape index (κ2) is 12.5. The van der Waals surface area contributed by atoms with Gasteiger partial charge in [0.25, 0.3) is 0 Å². The van der Waals surface area contributed by atoms with Crippen molar-refractivity contribution in [3.8, 4) is 0 Å². The van der Waals surface area contributed by atoms with Crippen molar-refractivity contribution in [2.75, 3.05) is 25.0 Å². The lowest BCUT2D eigenvalue weighted by Crippen LogP contribution is -2.46. The molecular formula is C16H29Cl2N5O2S. The van der Waals surface area contributed by atoms with Crippen LogP contribution in [0, 0.1) is 5.92 Å². The maximum atomic E-state index is 11.9. The summed E-state index contributed by atoms with van der Waals surface area (Å²) in [6, 6.07) is -0.603. The number of thiazole rings is 1. The number of nitrogens with zero attached hydrogens (tertiary/aromatic N) is 2. The van der Waals surface area contributed by atoms with Crippen LogP contribution in [0.1, 0.15) is 38.8 Å². The van der Waals surface area contributed by atoms with E-state index in [9.17, 15) is 9.59 Å². The molecule has 0 radical (unpaired) electrons. The number of nitrogens with one attached hydrogen (secondary N) is 2. The number of aromatic nitrogens is 1. The van der Waals surface area contributed by atoms with Crippen LogP contribution in [0.3, 0.4) is 0 Å². The van der Waals surface area contributed by atoms with Gasteiger partial charge in [-0.3, -0.25) is 14.5 Å². The van der Waals surface area contributed by atoms with Crippen molar-refractivity contribution in [3.05, 3.63) is 11.1 Å². The number of carbonyl (C=O) groups is 2. The van der Waals surface area contributed by atoms with E-state index in [4.69, 9.17) is 5.73 Å². The molecular weight excluding hydrogens is 397 g/mol. The molecule has 1 aromatic rings. The number of hydrogen-bond donors (Lipinski definition) is 3. The molecule has 2 heterocycles. The molecule has 10 heteroatoms. The van der Waals surface area contributed by atoms with Crippen molar-refractivity contribution >= 4 is 53.1 Å². The fourth-order valence-corrected chi connectivity index (χ4v) is 3.25. The van der Waals surface area contributed by atoms with Crippen LogP contribution in [0.5, 0.6) is 0 Å². The summed E-state index contributed by atoms with van der Waals surface area (Å²) in [7, 11) is 0. The van der Waals surface area contributed by atoms with Gasteiger partial charge in [-0.15, -0.1) is 36.2 Å². The molecule has 0 spiro atoms. The highest BCUT2D eigenvalue weighted by molar-refractivity contribution is 7.13.